The first kappa shape index (κ1) is 24.5. The largest absolute Gasteiger partial charge is 0.496 e. The van der Waals surface area contributed by atoms with Gasteiger partial charge in [-0.1, -0.05) is 61.7 Å². The van der Waals surface area contributed by atoms with E-state index in [0.29, 0.717) is 35.9 Å². The van der Waals surface area contributed by atoms with Crippen molar-refractivity contribution in [1.82, 2.24) is 9.55 Å². The van der Waals surface area contributed by atoms with Crippen molar-refractivity contribution in [2.24, 2.45) is 0 Å². The van der Waals surface area contributed by atoms with Gasteiger partial charge >= 0.3 is 0 Å². The second-order valence-electron chi connectivity index (χ2n) is 8.15. The molecule has 0 amide bonds. The summed E-state index contributed by atoms with van der Waals surface area (Å²) in [7, 11) is 0. The van der Waals surface area contributed by atoms with Crippen molar-refractivity contribution >= 4 is 35.0 Å². The van der Waals surface area contributed by atoms with Crippen molar-refractivity contribution in [3.05, 3.63) is 51.6 Å². The van der Waals surface area contributed by atoms with Gasteiger partial charge in [0, 0.05) is 21.4 Å². The number of aryl methyl sites for hydroxylation is 1. The van der Waals surface area contributed by atoms with Crippen LogP contribution in [0.1, 0.15) is 69.8 Å². The molecule has 0 aliphatic heterocycles. The van der Waals surface area contributed by atoms with Gasteiger partial charge in [0.05, 0.1) is 18.1 Å². The van der Waals surface area contributed by atoms with Gasteiger partial charge in [0.1, 0.15) is 24.2 Å². The quantitative estimate of drug-likeness (QED) is 0.339. The molecule has 0 fully saturated rings. The predicted molar refractivity (Wildman–Crippen MR) is 129 cm³/mol. The minimum Gasteiger partial charge on any atom is -0.496 e. The van der Waals surface area contributed by atoms with Gasteiger partial charge in [0.15, 0.2) is 0 Å². The summed E-state index contributed by atoms with van der Waals surface area (Å²) < 4.78 is 14.0. The highest BCUT2D eigenvalue weighted by Gasteiger charge is 2.19. The summed E-state index contributed by atoms with van der Waals surface area (Å²) in [4.78, 5) is 5.78. The monoisotopic (exact) mass is 482 g/mol. The molecule has 3 rings (SSSR count). The van der Waals surface area contributed by atoms with E-state index >= 15 is 0 Å². The van der Waals surface area contributed by atoms with Crippen LogP contribution in [0.5, 0.6) is 0 Å². The molecule has 1 aliphatic carbocycles. The Kier molecular flexibility index (Phi) is 9.64. The van der Waals surface area contributed by atoms with Gasteiger partial charge in [-0.05, 0) is 56.4 Å². The molecule has 0 bridgehead atoms. The first-order chi connectivity index (χ1) is 14.9. The van der Waals surface area contributed by atoms with Crippen LogP contribution in [0.3, 0.4) is 0 Å². The van der Waals surface area contributed by atoms with Crippen LogP contribution in [-0.4, -0.2) is 22.8 Å². The zero-order chi connectivity index (χ0) is 22.2. The smallest absolute Gasteiger partial charge is 0.125 e. The van der Waals surface area contributed by atoms with Crippen LogP contribution in [-0.2, 0) is 16.2 Å². The molecule has 7 heteroatoms. The second kappa shape index (κ2) is 12.2. The third-order valence-electron chi connectivity index (χ3n) is 5.22. The Morgan fingerprint density at radius 2 is 1.81 bits per heavy atom. The molecule has 0 atom stereocenters. The molecule has 1 aromatic carbocycles. The van der Waals surface area contributed by atoms with E-state index in [1.54, 1.807) is 17.8 Å². The van der Waals surface area contributed by atoms with Crippen molar-refractivity contribution in [2.45, 2.75) is 81.9 Å². The lowest BCUT2D eigenvalue weighted by Gasteiger charge is -2.15. The average molecular weight is 484 g/mol. The number of nitrogens with zero attached hydrogens (tertiary/aromatic N) is 2. The fourth-order valence-corrected chi connectivity index (χ4v) is 5.51. The zero-order valence-electron chi connectivity index (χ0n) is 18.6. The molecule has 0 radical (unpaired) electrons. The highest BCUT2D eigenvalue weighted by molar-refractivity contribution is 7.99. The van der Waals surface area contributed by atoms with Crippen LogP contribution in [0.15, 0.2) is 40.0 Å². The molecule has 170 valence electrons. The van der Waals surface area contributed by atoms with E-state index in [4.69, 9.17) is 37.7 Å². The number of hydrogen-bond acceptors (Lipinski definition) is 4. The van der Waals surface area contributed by atoms with E-state index in [1.807, 2.05) is 19.1 Å². The van der Waals surface area contributed by atoms with Crippen LogP contribution >= 0.6 is 35.0 Å². The van der Waals surface area contributed by atoms with Crippen molar-refractivity contribution < 1.29 is 9.47 Å². The number of rotatable bonds is 9. The maximum Gasteiger partial charge on any atom is 0.125 e. The number of imidazole rings is 1. The highest BCUT2D eigenvalue weighted by Crippen LogP contribution is 2.37. The van der Waals surface area contributed by atoms with Crippen LogP contribution in [0.25, 0.3) is 0 Å². The summed E-state index contributed by atoms with van der Waals surface area (Å²) in [6.07, 6.45) is 9.52. The standard InChI is InChI=1S/C24H32Cl2N2O2S/c1-17(2)23-24(31-22-14-19(25)13-20(26)15-22)28(18(3)27-23)16-29-11-12-30-21-9-7-5-4-6-8-10-21/h9,13-15,17H,4-8,10-12,16H2,1-3H3/b21-9+. The fourth-order valence-electron chi connectivity index (χ4n) is 3.58. The maximum atomic E-state index is 6.20. The lowest BCUT2D eigenvalue weighted by atomic mass is 10.1. The van der Waals surface area contributed by atoms with Gasteiger partial charge in [-0.2, -0.15) is 0 Å². The molecule has 31 heavy (non-hydrogen) atoms. The first-order valence-electron chi connectivity index (χ1n) is 11.0. The Morgan fingerprint density at radius 1 is 1.06 bits per heavy atom. The topological polar surface area (TPSA) is 36.3 Å². The Labute approximate surface area is 200 Å². The SMILES string of the molecule is Cc1nc(C(C)C)c(Sc2cc(Cl)cc(Cl)c2)n1COCCO/C1=C/CCCCCC1. The molecule has 0 saturated heterocycles. The molecule has 1 aromatic heterocycles. The summed E-state index contributed by atoms with van der Waals surface area (Å²) in [5.74, 6) is 2.35. The molecule has 1 heterocycles. The van der Waals surface area contributed by atoms with Gasteiger partial charge in [-0.25, -0.2) is 4.98 Å². The molecule has 4 nitrogen and oxygen atoms in total. The molecule has 2 aromatic rings. The molecular weight excluding hydrogens is 451 g/mol. The summed E-state index contributed by atoms with van der Waals surface area (Å²) >= 11 is 14.0. The fraction of sp³-hybridized carbons (Fsp3) is 0.542. The Hall–Kier alpha value is -1.14. The third kappa shape index (κ3) is 7.45. The van der Waals surface area contributed by atoms with E-state index in [2.05, 4.69) is 24.5 Å². The van der Waals surface area contributed by atoms with E-state index < -0.39 is 0 Å². The van der Waals surface area contributed by atoms with Crippen molar-refractivity contribution in [2.75, 3.05) is 13.2 Å². The number of benzene rings is 1. The number of allylic oxidation sites excluding steroid dienone is 2. The first-order valence-corrected chi connectivity index (χ1v) is 12.6. The van der Waals surface area contributed by atoms with Crippen molar-refractivity contribution in [3.63, 3.8) is 0 Å². The van der Waals surface area contributed by atoms with Crippen LogP contribution in [0, 0.1) is 6.92 Å². The van der Waals surface area contributed by atoms with Gasteiger partial charge in [-0.3, -0.25) is 4.57 Å². The lowest BCUT2D eigenvalue weighted by Crippen LogP contribution is -2.10. The summed E-state index contributed by atoms with van der Waals surface area (Å²) in [5, 5.41) is 2.32. The van der Waals surface area contributed by atoms with Crippen LogP contribution in [0.2, 0.25) is 10.0 Å². The normalized spacial score (nSPS) is 16.6. The zero-order valence-corrected chi connectivity index (χ0v) is 21.0. The van der Waals surface area contributed by atoms with Crippen molar-refractivity contribution in [3.8, 4) is 0 Å². The molecule has 0 saturated carbocycles. The van der Waals surface area contributed by atoms with E-state index in [-0.39, 0.29) is 0 Å². The Bertz CT molecular complexity index is 876. The van der Waals surface area contributed by atoms with Crippen molar-refractivity contribution in [1.29, 1.82) is 0 Å². The van der Waals surface area contributed by atoms with E-state index in [9.17, 15) is 0 Å². The average Bonchev–Trinajstić information content (AvgIpc) is 2.98. The molecule has 0 unspecified atom stereocenters. The minimum atomic E-state index is 0.298. The highest BCUT2D eigenvalue weighted by atomic mass is 35.5. The van der Waals surface area contributed by atoms with E-state index in [0.717, 1.165) is 40.0 Å². The Morgan fingerprint density at radius 3 is 2.55 bits per heavy atom. The molecule has 0 spiro atoms. The Balaban J connectivity index is 1.62. The maximum absolute atomic E-state index is 6.20. The third-order valence-corrected chi connectivity index (χ3v) is 6.75. The van der Waals surface area contributed by atoms with Crippen LogP contribution < -0.4 is 0 Å². The number of aromatic nitrogens is 2. The van der Waals surface area contributed by atoms with Crippen LogP contribution in [0.4, 0.5) is 0 Å². The summed E-state index contributed by atoms with van der Waals surface area (Å²) in [6.45, 7) is 7.86. The van der Waals surface area contributed by atoms with Gasteiger partial charge in [0.25, 0.3) is 0 Å². The predicted octanol–water partition coefficient (Wildman–Crippen LogP) is 8.00. The summed E-state index contributed by atoms with van der Waals surface area (Å²) in [6, 6.07) is 5.59. The number of hydrogen-bond donors (Lipinski definition) is 0. The lowest BCUT2D eigenvalue weighted by molar-refractivity contribution is 0.0315. The van der Waals surface area contributed by atoms with Gasteiger partial charge in [-0.15, -0.1) is 0 Å². The molecule has 0 N–H and O–H groups in total. The second-order valence-corrected chi connectivity index (χ2v) is 10.1. The van der Waals surface area contributed by atoms with Gasteiger partial charge in [0.2, 0.25) is 0 Å². The summed E-state index contributed by atoms with van der Waals surface area (Å²) in [5.41, 5.74) is 1.05. The number of halogens is 2. The van der Waals surface area contributed by atoms with Gasteiger partial charge < -0.3 is 9.47 Å². The number of ether oxygens (including phenoxy) is 2. The van der Waals surface area contributed by atoms with E-state index in [1.165, 1.54) is 25.7 Å². The molecular formula is C24H32Cl2N2O2S. The minimum absolute atomic E-state index is 0.298. The molecule has 1 aliphatic rings.